The first-order valence-corrected chi connectivity index (χ1v) is 5.04. The molecule has 1 unspecified atom stereocenters. The Bertz CT molecular complexity index is 308. The second kappa shape index (κ2) is 5.34. The lowest BCUT2D eigenvalue weighted by Gasteiger charge is -2.31. The van der Waals surface area contributed by atoms with Gasteiger partial charge >= 0.3 is 0 Å². The Balaban J connectivity index is 2.62. The van der Waals surface area contributed by atoms with Gasteiger partial charge in [0.15, 0.2) is 0 Å². The fourth-order valence-corrected chi connectivity index (χ4v) is 1.43. The molecular formula is C11H16N2O2. The molecule has 1 aliphatic rings. The first-order valence-electron chi connectivity index (χ1n) is 5.04. The molecule has 1 rings (SSSR count). The van der Waals surface area contributed by atoms with Crippen molar-refractivity contribution in [2.45, 2.75) is 19.9 Å². The van der Waals surface area contributed by atoms with Crippen LogP contribution >= 0.6 is 0 Å². The summed E-state index contributed by atoms with van der Waals surface area (Å²) in [5.41, 5.74) is 0. The van der Waals surface area contributed by atoms with E-state index < -0.39 is 0 Å². The quantitative estimate of drug-likeness (QED) is 0.529. The van der Waals surface area contributed by atoms with E-state index in [1.807, 2.05) is 13.0 Å². The van der Waals surface area contributed by atoms with Crippen LogP contribution in [0.25, 0.3) is 0 Å². The third-order valence-electron chi connectivity index (χ3n) is 2.32. The summed E-state index contributed by atoms with van der Waals surface area (Å²) >= 11 is 0. The van der Waals surface area contributed by atoms with Gasteiger partial charge in [0.25, 0.3) is 0 Å². The molecule has 1 N–H and O–H groups in total. The van der Waals surface area contributed by atoms with E-state index in [1.165, 1.54) is 6.08 Å². The van der Waals surface area contributed by atoms with E-state index in [1.54, 1.807) is 24.0 Å². The lowest BCUT2D eigenvalue weighted by molar-refractivity contribution is -0.139. The molecule has 0 aromatic carbocycles. The van der Waals surface area contributed by atoms with Crippen LogP contribution in [0.5, 0.6) is 0 Å². The Morgan fingerprint density at radius 2 is 2.27 bits per heavy atom. The van der Waals surface area contributed by atoms with E-state index in [-0.39, 0.29) is 17.9 Å². The van der Waals surface area contributed by atoms with Crippen molar-refractivity contribution in [2.75, 3.05) is 13.1 Å². The van der Waals surface area contributed by atoms with Gasteiger partial charge in [-0.15, -0.1) is 0 Å². The van der Waals surface area contributed by atoms with Crippen molar-refractivity contribution in [3.63, 3.8) is 0 Å². The molecule has 0 bridgehead atoms. The number of carbonyl (C=O) groups excluding carboxylic acids is 2. The summed E-state index contributed by atoms with van der Waals surface area (Å²) in [5.74, 6) is -0.204. The SMILES string of the molecule is CC=CC=CC(=O)N1CCNC(=O)C1C. The molecule has 1 saturated heterocycles. The van der Waals surface area contributed by atoms with Crippen LogP contribution < -0.4 is 5.32 Å². The molecule has 4 nitrogen and oxygen atoms in total. The smallest absolute Gasteiger partial charge is 0.247 e. The maximum atomic E-state index is 11.7. The molecule has 1 atom stereocenters. The number of rotatable bonds is 2. The summed E-state index contributed by atoms with van der Waals surface area (Å²) < 4.78 is 0. The fourth-order valence-electron chi connectivity index (χ4n) is 1.43. The van der Waals surface area contributed by atoms with Gasteiger partial charge in [0.1, 0.15) is 6.04 Å². The number of allylic oxidation sites excluding steroid dienone is 3. The van der Waals surface area contributed by atoms with E-state index in [4.69, 9.17) is 0 Å². The number of nitrogens with zero attached hydrogens (tertiary/aromatic N) is 1. The van der Waals surface area contributed by atoms with Crippen molar-refractivity contribution >= 4 is 11.8 Å². The minimum absolute atomic E-state index is 0.0889. The molecule has 0 aliphatic carbocycles. The minimum Gasteiger partial charge on any atom is -0.353 e. The standard InChI is InChI=1S/C11H16N2O2/c1-3-4-5-6-10(14)13-8-7-12-11(15)9(13)2/h3-6,9H,7-8H2,1-2H3,(H,12,15). The van der Waals surface area contributed by atoms with Crippen LogP contribution in [0.2, 0.25) is 0 Å². The van der Waals surface area contributed by atoms with Crippen molar-refractivity contribution in [1.82, 2.24) is 10.2 Å². The summed E-state index contributed by atoms with van der Waals surface area (Å²) in [6, 6.07) is -0.374. The summed E-state index contributed by atoms with van der Waals surface area (Å²) in [5, 5.41) is 2.71. The number of piperazine rings is 1. The van der Waals surface area contributed by atoms with E-state index in [9.17, 15) is 9.59 Å². The van der Waals surface area contributed by atoms with Crippen LogP contribution in [0.4, 0.5) is 0 Å². The number of amides is 2. The molecule has 0 aromatic rings. The minimum atomic E-state index is -0.374. The Hall–Kier alpha value is -1.58. The second-order valence-corrected chi connectivity index (χ2v) is 3.38. The summed E-state index contributed by atoms with van der Waals surface area (Å²) in [6.45, 7) is 4.72. The molecule has 1 fully saturated rings. The molecule has 1 heterocycles. The van der Waals surface area contributed by atoms with Gasteiger partial charge in [-0.25, -0.2) is 0 Å². The zero-order valence-corrected chi connectivity index (χ0v) is 9.06. The van der Waals surface area contributed by atoms with Crippen LogP contribution in [-0.4, -0.2) is 35.8 Å². The highest BCUT2D eigenvalue weighted by Gasteiger charge is 2.27. The van der Waals surface area contributed by atoms with Crippen molar-refractivity contribution in [2.24, 2.45) is 0 Å². The normalized spacial score (nSPS) is 22.4. The average Bonchev–Trinajstić information content (AvgIpc) is 2.22. The highest BCUT2D eigenvalue weighted by molar-refractivity contribution is 5.93. The molecule has 15 heavy (non-hydrogen) atoms. The van der Waals surface area contributed by atoms with Crippen molar-refractivity contribution in [3.05, 3.63) is 24.3 Å². The van der Waals surface area contributed by atoms with Gasteiger partial charge < -0.3 is 10.2 Å². The summed E-state index contributed by atoms with van der Waals surface area (Å²) in [6.07, 6.45) is 6.79. The van der Waals surface area contributed by atoms with Gasteiger partial charge in [-0.1, -0.05) is 18.2 Å². The molecular weight excluding hydrogens is 192 g/mol. The largest absolute Gasteiger partial charge is 0.353 e. The van der Waals surface area contributed by atoms with Gasteiger partial charge in [-0.3, -0.25) is 9.59 Å². The van der Waals surface area contributed by atoms with Crippen molar-refractivity contribution < 1.29 is 9.59 Å². The van der Waals surface area contributed by atoms with Gasteiger partial charge in [-0.05, 0) is 13.8 Å². The number of nitrogens with one attached hydrogen (secondary N) is 1. The highest BCUT2D eigenvalue weighted by Crippen LogP contribution is 2.04. The first-order chi connectivity index (χ1) is 7.16. The van der Waals surface area contributed by atoms with E-state index in [0.717, 1.165) is 0 Å². The lowest BCUT2D eigenvalue weighted by Crippen LogP contribution is -2.55. The van der Waals surface area contributed by atoms with Crippen LogP contribution in [-0.2, 0) is 9.59 Å². The Morgan fingerprint density at radius 1 is 1.53 bits per heavy atom. The van der Waals surface area contributed by atoms with Gasteiger partial charge in [0.05, 0.1) is 0 Å². The average molecular weight is 208 g/mol. The molecule has 82 valence electrons. The van der Waals surface area contributed by atoms with E-state index >= 15 is 0 Å². The van der Waals surface area contributed by atoms with Crippen molar-refractivity contribution in [1.29, 1.82) is 0 Å². The maximum Gasteiger partial charge on any atom is 0.247 e. The molecule has 1 aliphatic heterocycles. The zero-order valence-electron chi connectivity index (χ0n) is 9.06. The molecule has 4 heteroatoms. The zero-order chi connectivity index (χ0) is 11.3. The second-order valence-electron chi connectivity index (χ2n) is 3.38. The Labute approximate surface area is 89.6 Å². The van der Waals surface area contributed by atoms with Crippen LogP contribution in [0.1, 0.15) is 13.8 Å². The monoisotopic (exact) mass is 208 g/mol. The highest BCUT2D eigenvalue weighted by atomic mass is 16.2. The van der Waals surface area contributed by atoms with Gasteiger partial charge in [0, 0.05) is 19.2 Å². The summed E-state index contributed by atoms with van der Waals surface area (Å²) in [4.78, 5) is 24.5. The van der Waals surface area contributed by atoms with E-state index in [2.05, 4.69) is 5.32 Å². The maximum absolute atomic E-state index is 11.7. The Morgan fingerprint density at radius 3 is 2.93 bits per heavy atom. The lowest BCUT2D eigenvalue weighted by atomic mass is 10.2. The third kappa shape index (κ3) is 2.94. The molecule has 0 radical (unpaired) electrons. The molecule has 0 aromatic heterocycles. The predicted octanol–water partition coefficient (Wildman–Crippen LogP) is 0.466. The van der Waals surface area contributed by atoms with Crippen LogP contribution in [0, 0.1) is 0 Å². The Kier molecular flexibility index (Phi) is 4.09. The summed E-state index contributed by atoms with van der Waals surface area (Å²) in [7, 11) is 0. The van der Waals surface area contributed by atoms with Crippen LogP contribution in [0.15, 0.2) is 24.3 Å². The number of hydrogen-bond acceptors (Lipinski definition) is 2. The first kappa shape index (κ1) is 11.5. The topological polar surface area (TPSA) is 49.4 Å². The van der Waals surface area contributed by atoms with Gasteiger partial charge in [0.2, 0.25) is 11.8 Å². The third-order valence-corrected chi connectivity index (χ3v) is 2.32. The van der Waals surface area contributed by atoms with Crippen molar-refractivity contribution in [3.8, 4) is 0 Å². The fraction of sp³-hybridized carbons (Fsp3) is 0.455. The predicted molar refractivity (Wildman–Crippen MR) is 58.1 cm³/mol. The molecule has 2 amide bonds. The molecule has 0 saturated carbocycles. The number of carbonyl (C=O) groups is 2. The van der Waals surface area contributed by atoms with Gasteiger partial charge in [-0.2, -0.15) is 0 Å². The number of hydrogen-bond donors (Lipinski definition) is 1. The molecule has 0 spiro atoms. The van der Waals surface area contributed by atoms with E-state index in [0.29, 0.717) is 13.1 Å². The van der Waals surface area contributed by atoms with Crippen LogP contribution in [0.3, 0.4) is 0 Å².